The number of benzene rings is 3. The van der Waals surface area contributed by atoms with Gasteiger partial charge in [-0.25, -0.2) is 8.42 Å². The lowest BCUT2D eigenvalue weighted by atomic mass is 10.1. The summed E-state index contributed by atoms with van der Waals surface area (Å²) < 4.78 is 45.3. The number of hydrogen-bond acceptors (Lipinski definition) is 7. The van der Waals surface area contributed by atoms with E-state index in [1.807, 2.05) is 19.1 Å². The van der Waals surface area contributed by atoms with Gasteiger partial charge in [0.05, 0.1) is 31.9 Å². The van der Waals surface area contributed by atoms with E-state index in [0.717, 1.165) is 41.1 Å². The Labute approximate surface area is 260 Å². The van der Waals surface area contributed by atoms with Crippen molar-refractivity contribution in [2.24, 2.45) is 0 Å². The minimum absolute atomic E-state index is 0.0670. The van der Waals surface area contributed by atoms with Crippen molar-refractivity contribution in [2.75, 3.05) is 32.2 Å². The number of aryl methyl sites for hydroxylation is 1. The molecule has 1 aliphatic carbocycles. The number of methoxy groups -OCH3 is 3. The average molecular weight is 624 g/mol. The van der Waals surface area contributed by atoms with E-state index in [-0.39, 0.29) is 29.1 Å². The molecule has 0 spiro atoms. The number of hydrogen-bond donors (Lipinski definition) is 1. The van der Waals surface area contributed by atoms with Crippen LogP contribution in [-0.2, 0) is 26.2 Å². The monoisotopic (exact) mass is 623 g/mol. The van der Waals surface area contributed by atoms with E-state index >= 15 is 0 Å². The van der Waals surface area contributed by atoms with E-state index in [0.29, 0.717) is 17.2 Å². The molecule has 44 heavy (non-hydrogen) atoms. The molecule has 1 atom stereocenters. The van der Waals surface area contributed by atoms with Crippen LogP contribution < -0.4 is 23.8 Å². The van der Waals surface area contributed by atoms with Gasteiger partial charge in [-0.15, -0.1) is 0 Å². The molecule has 0 aliphatic heterocycles. The van der Waals surface area contributed by atoms with Crippen molar-refractivity contribution in [1.82, 2.24) is 10.2 Å². The number of sulfonamides is 1. The van der Waals surface area contributed by atoms with Gasteiger partial charge in [-0.1, -0.05) is 42.7 Å². The number of nitrogens with zero attached hydrogens (tertiary/aromatic N) is 2. The molecule has 1 saturated carbocycles. The molecule has 2 amide bonds. The predicted molar refractivity (Wildman–Crippen MR) is 169 cm³/mol. The van der Waals surface area contributed by atoms with Gasteiger partial charge < -0.3 is 24.4 Å². The molecule has 10 nitrogen and oxygen atoms in total. The van der Waals surface area contributed by atoms with Crippen LogP contribution >= 0.6 is 0 Å². The molecule has 3 aromatic carbocycles. The van der Waals surface area contributed by atoms with Gasteiger partial charge in [0.25, 0.3) is 10.0 Å². The van der Waals surface area contributed by atoms with Gasteiger partial charge in [0.2, 0.25) is 11.8 Å². The number of ether oxygens (including phenoxy) is 3. The summed E-state index contributed by atoms with van der Waals surface area (Å²) in [7, 11) is 0.186. The minimum atomic E-state index is -4.27. The Morgan fingerprint density at radius 1 is 0.886 bits per heavy atom. The van der Waals surface area contributed by atoms with Crippen molar-refractivity contribution in [2.45, 2.75) is 63.1 Å². The summed E-state index contributed by atoms with van der Waals surface area (Å²) in [5.74, 6) is 0.465. The standard InChI is InChI=1S/C33H41N3O7S/c1-23-10-14-27(15-11-23)36(44(39,40)29-18-19-30(42-4)31(20-29)43-5)22-32(37)35(21-25-12-16-28(41-3)17-13-25)24(2)33(38)34-26-8-6-7-9-26/h10-20,24,26H,6-9,21-22H2,1-5H3,(H,34,38)/t24-/m0/s1. The van der Waals surface area contributed by atoms with Crippen molar-refractivity contribution < 1.29 is 32.2 Å². The molecule has 0 heterocycles. The molecule has 1 fully saturated rings. The van der Waals surface area contributed by atoms with Crippen LogP contribution in [0.2, 0.25) is 0 Å². The highest BCUT2D eigenvalue weighted by atomic mass is 32.2. The fourth-order valence-corrected chi connectivity index (χ4v) is 6.68. The van der Waals surface area contributed by atoms with Gasteiger partial charge in [0.1, 0.15) is 18.3 Å². The molecule has 0 aromatic heterocycles. The lowest BCUT2D eigenvalue weighted by Gasteiger charge is -2.32. The fraction of sp³-hybridized carbons (Fsp3) is 0.394. The van der Waals surface area contributed by atoms with Crippen LogP contribution in [0.15, 0.2) is 71.6 Å². The Hall–Kier alpha value is -4.25. The predicted octanol–water partition coefficient (Wildman–Crippen LogP) is 4.69. The van der Waals surface area contributed by atoms with Crippen LogP contribution in [-0.4, -0.2) is 65.1 Å². The van der Waals surface area contributed by atoms with Gasteiger partial charge in [-0.2, -0.15) is 0 Å². The van der Waals surface area contributed by atoms with E-state index in [1.54, 1.807) is 50.4 Å². The topological polar surface area (TPSA) is 114 Å². The zero-order valence-corrected chi connectivity index (χ0v) is 26.7. The molecule has 4 rings (SSSR count). The van der Waals surface area contributed by atoms with E-state index in [9.17, 15) is 18.0 Å². The maximum Gasteiger partial charge on any atom is 0.264 e. The highest BCUT2D eigenvalue weighted by Gasteiger charge is 2.33. The number of amides is 2. The summed E-state index contributed by atoms with van der Waals surface area (Å²) in [5, 5.41) is 3.08. The second-order valence-corrected chi connectivity index (χ2v) is 12.8. The molecule has 0 unspecified atom stereocenters. The first-order valence-electron chi connectivity index (χ1n) is 14.6. The summed E-state index contributed by atoms with van der Waals surface area (Å²) in [5.41, 5.74) is 2.01. The van der Waals surface area contributed by atoms with E-state index in [4.69, 9.17) is 14.2 Å². The van der Waals surface area contributed by atoms with Crippen molar-refractivity contribution in [3.05, 3.63) is 77.9 Å². The molecular formula is C33H41N3O7S. The molecule has 1 aliphatic rings. The maximum absolute atomic E-state index is 14.2. The highest BCUT2D eigenvalue weighted by Crippen LogP contribution is 2.32. The molecule has 0 bridgehead atoms. The maximum atomic E-state index is 14.2. The van der Waals surface area contributed by atoms with E-state index in [2.05, 4.69) is 5.32 Å². The van der Waals surface area contributed by atoms with Gasteiger partial charge in [-0.3, -0.25) is 13.9 Å². The Kier molecular flexibility index (Phi) is 10.7. The van der Waals surface area contributed by atoms with Crippen molar-refractivity contribution in [3.8, 4) is 17.2 Å². The highest BCUT2D eigenvalue weighted by molar-refractivity contribution is 7.92. The zero-order valence-electron chi connectivity index (χ0n) is 25.9. The molecular weight excluding hydrogens is 582 g/mol. The number of anilines is 1. The minimum Gasteiger partial charge on any atom is -0.497 e. The lowest BCUT2D eigenvalue weighted by molar-refractivity contribution is -0.139. The first kappa shape index (κ1) is 32.7. The van der Waals surface area contributed by atoms with Crippen molar-refractivity contribution >= 4 is 27.5 Å². The third kappa shape index (κ3) is 7.63. The third-order valence-electron chi connectivity index (χ3n) is 7.92. The number of carbonyl (C=O) groups is 2. The summed E-state index contributed by atoms with van der Waals surface area (Å²) in [6, 6.07) is 17.6. The first-order valence-corrected chi connectivity index (χ1v) is 16.1. The van der Waals surface area contributed by atoms with Gasteiger partial charge in [0, 0.05) is 18.7 Å². The smallest absolute Gasteiger partial charge is 0.264 e. The van der Waals surface area contributed by atoms with Crippen LogP contribution in [0.5, 0.6) is 17.2 Å². The Morgan fingerprint density at radius 3 is 2.11 bits per heavy atom. The van der Waals surface area contributed by atoms with Crippen LogP contribution in [0, 0.1) is 6.92 Å². The van der Waals surface area contributed by atoms with E-state index < -0.39 is 28.5 Å². The SMILES string of the molecule is COc1ccc(CN(C(=O)CN(c2ccc(C)cc2)S(=O)(=O)c2ccc(OC)c(OC)c2)[C@@H](C)C(=O)NC2CCCC2)cc1. The van der Waals surface area contributed by atoms with Crippen LogP contribution in [0.3, 0.4) is 0 Å². The number of carbonyl (C=O) groups excluding carboxylic acids is 2. The van der Waals surface area contributed by atoms with Gasteiger partial charge in [-0.05, 0) is 68.7 Å². The largest absolute Gasteiger partial charge is 0.497 e. The number of rotatable bonds is 13. The van der Waals surface area contributed by atoms with Crippen LogP contribution in [0.25, 0.3) is 0 Å². The summed E-state index contributed by atoms with van der Waals surface area (Å²) in [6.45, 7) is 3.13. The molecule has 3 aromatic rings. The average Bonchev–Trinajstić information content (AvgIpc) is 3.55. The molecule has 1 N–H and O–H groups in total. The van der Waals surface area contributed by atoms with Gasteiger partial charge >= 0.3 is 0 Å². The first-order chi connectivity index (χ1) is 21.1. The second kappa shape index (κ2) is 14.5. The Balaban J connectivity index is 1.71. The van der Waals surface area contributed by atoms with E-state index in [1.165, 1.54) is 37.3 Å². The van der Waals surface area contributed by atoms with Crippen LogP contribution in [0.4, 0.5) is 5.69 Å². The number of nitrogens with one attached hydrogen (secondary N) is 1. The Morgan fingerprint density at radius 2 is 1.52 bits per heavy atom. The Bertz CT molecular complexity index is 1540. The summed E-state index contributed by atoms with van der Waals surface area (Å²) in [4.78, 5) is 28.9. The van der Waals surface area contributed by atoms with Crippen LogP contribution in [0.1, 0.15) is 43.7 Å². The molecule has 0 saturated heterocycles. The summed E-state index contributed by atoms with van der Waals surface area (Å²) >= 11 is 0. The molecule has 236 valence electrons. The van der Waals surface area contributed by atoms with Crippen molar-refractivity contribution in [3.63, 3.8) is 0 Å². The summed E-state index contributed by atoms with van der Waals surface area (Å²) in [6.07, 6.45) is 3.89. The fourth-order valence-electron chi connectivity index (χ4n) is 5.25. The lowest BCUT2D eigenvalue weighted by Crippen LogP contribution is -2.52. The molecule has 11 heteroatoms. The third-order valence-corrected chi connectivity index (χ3v) is 9.69. The second-order valence-electron chi connectivity index (χ2n) is 10.9. The van der Waals surface area contributed by atoms with Crippen molar-refractivity contribution in [1.29, 1.82) is 0 Å². The zero-order chi connectivity index (χ0) is 31.9. The van der Waals surface area contributed by atoms with Gasteiger partial charge in [0.15, 0.2) is 11.5 Å². The molecule has 0 radical (unpaired) electrons. The quantitative estimate of drug-likeness (QED) is 0.294. The normalized spacial score (nSPS) is 14.0.